The molecule has 0 atom stereocenters. The molecule has 0 aliphatic rings. The Hall–Kier alpha value is -0.796. The Morgan fingerprint density at radius 3 is 1.20 bits per heavy atom. The van der Waals surface area contributed by atoms with Crippen molar-refractivity contribution in [1.82, 2.24) is 0 Å². The maximum absolute atomic E-state index is 8.78. The quantitative estimate of drug-likeness (QED) is 0.442. The van der Waals surface area contributed by atoms with Crippen molar-refractivity contribution in [3.8, 4) is 0 Å². The molecule has 0 saturated carbocycles. The number of hydrogen-bond acceptors (Lipinski definition) is 2. The average molecular weight is 175 g/mol. The topological polar surface area (TPSA) is 43.1 Å². The van der Waals surface area contributed by atoms with E-state index >= 15 is 0 Å². The predicted molar refractivity (Wildman–Crippen MR) is 33.4 cm³/mol. The molecule has 0 fully saturated rings. The number of nitro groups is 1. The second-order valence-electron chi connectivity index (χ2n) is 1.39. The molecule has 0 aliphatic heterocycles. The molecule has 0 saturated heterocycles. The smallest absolute Gasteiger partial charge is 0.0623 e. The van der Waals surface area contributed by atoms with Crippen molar-refractivity contribution in [2.45, 2.75) is 0 Å². The summed E-state index contributed by atoms with van der Waals surface area (Å²) in [5.74, 6) is 0. The zero-order valence-electron chi connectivity index (χ0n) is 5.18. The maximum atomic E-state index is 8.78. The number of benzene rings is 1. The van der Waals surface area contributed by atoms with Gasteiger partial charge in [0.15, 0.2) is 0 Å². The molecule has 4 heteroatoms. The van der Waals surface area contributed by atoms with E-state index in [1.807, 2.05) is 36.4 Å². The molecule has 0 aromatic heterocycles. The molecule has 3 nitrogen and oxygen atoms in total. The molecule has 0 bridgehead atoms. The van der Waals surface area contributed by atoms with Crippen LogP contribution in [0.4, 0.5) is 0 Å². The van der Waals surface area contributed by atoms with E-state index in [0.29, 0.717) is 0 Å². The van der Waals surface area contributed by atoms with Gasteiger partial charge in [0.2, 0.25) is 0 Å². The van der Waals surface area contributed by atoms with Crippen LogP contribution in [0.2, 0.25) is 0 Å². The van der Waals surface area contributed by atoms with Crippen molar-refractivity contribution < 1.29 is 21.4 Å². The first-order valence-corrected chi connectivity index (χ1v) is 3.19. The summed E-state index contributed by atoms with van der Waals surface area (Å²) in [7, 11) is 0. The monoisotopic (exact) mass is 175 g/mol. The van der Waals surface area contributed by atoms with Crippen LogP contribution in [0.15, 0.2) is 36.4 Å². The molecule has 0 N–H and O–H groups in total. The van der Waals surface area contributed by atoms with Crippen molar-refractivity contribution in [2.24, 2.45) is 0 Å². The van der Waals surface area contributed by atoms with Crippen LogP contribution in [0.25, 0.3) is 0 Å². The van der Waals surface area contributed by atoms with Crippen LogP contribution in [0.3, 0.4) is 0 Å². The maximum Gasteiger partial charge on any atom is -0.0623 e. The minimum Gasteiger partial charge on any atom is -0.0623 e. The number of hydrogen-bond donors (Lipinski definition) is 0. The Kier molecular flexibility index (Phi) is 5.82. The van der Waals surface area contributed by atoms with Crippen LogP contribution in [0.1, 0.15) is 0 Å². The standard InChI is InChI=1S/C6H6.NO2.V/c1-2-4-6-5-3-1;2-1-3;/h1-6H;;. The van der Waals surface area contributed by atoms with Gasteiger partial charge >= 0.3 is 31.5 Å². The fraction of sp³-hybridized carbons (Fsp3) is 0. The molecule has 0 unspecified atom stereocenters. The first kappa shape index (κ1) is 9.20. The van der Waals surface area contributed by atoms with Gasteiger partial charge in [-0.15, -0.1) is 0 Å². The van der Waals surface area contributed by atoms with Gasteiger partial charge in [-0.3, -0.25) is 0 Å². The van der Waals surface area contributed by atoms with Crippen molar-refractivity contribution in [1.29, 1.82) is 0 Å². The van der Waals surface area contributed by atoms with Gasteiger partial charge in [-0.2, -0.15) is 0 Å². The summed E-state index contributed by atoms with van der Waals surface area (Å²) in [6.07, 6.45) is 0. The molecule has 52 valence electrons. The molecule has 10 heavy (non-hydrogen) atoms. The van der Waals surface area contributed by atoms with E-state index in [2.05, 4.69) is 0 Å². The minimum absolute atomic E-state index is 0.562. The summed E-state index contributed by atoms with van der Waals surface area (Å²) in [4.78, 5) is 8.78. The first-order valence-electron chi connectivity index (χ1n) is 2.57. The van der Waals surface area contributed by atoms with Gasteiger partial charge in [-0.05, 0) is 0 Å². The summed E-state index contributed by atoms with van der Waals surface area (Å²) in [6.45, 7) is 0. The average Bonchev–Trinajstić information content (AvgIpc) is 1.90. The second kappa shape index (κ2) is 6.33. The SMILES string of the molecule is O=[N+]([O-])[V].c1ccccc1. The van der Waals surface area contributed by atoms with Crippen molar-refractivity contribution >= 4 is 0 Å². The van der Waals surface area contributed by atoms with Gasteiger partial charge in [0.05, 0.1) is 0 Å². The van der Waals surface area contributed by atoms with Gasteiger partial charge in [0, 0.05) is 0 Å². The van der Waals surface area contributed by atoms with Crippen LogP contribution < -0.4 is 0 Å². The van der Waals surface area contributed by atoms with Crippen LogP contribution in [-0.2, 0) is 17.7 Å². The molecule has 1 rings (SSSR count). The number of nitrogens with zero attached hydrogens (tertiary/aromatic N) is 1. The Bertz CT molecular complexity index is 148. The molecular formula is C6H6NO2V. The zero-order valence-corrected chi connectivity index (χ0v) is 6.57. The van der Waals surface area contributed by atoms with Gasteiger partial charge in [0.25, 0.3) is 0 Å². The Labute approximate surface area is 68.4 Å². The first-order chi connectivity index (χ1) is 4.73. The summed E-state index contributed by atoms with van der Waals surface area (Å²) in [6, 6.07) is 12.0. The van der Waals surface area contributed by atoms with E-state index in [1.165, 1.54) is 17.7 Å². The molecule has 1 aromatic rings. The van der Waals surface area contributed by atoms with Crippen molar-refractivity contribution in [2.75, 3.05) is 0 Å². The molecular weight excluding hydrogens is 169 g/mol. The van der Waals surface area contributed by atoms with Crippen LogP contribution in [-0.4, -0.2) is 3.77 Å². The molecule has 1 aromatic carbocycles. The van der Waals surface area contributed by atoms with Crippen molar-refractivity contribution in [3.05, 3.63) is 46.5 Å². The summed E-state index contributed by atoms with van der Waals surface area (Å²) in [5.41, 5.74) is 0. The second-order valence-corrected chi connectivity index (χ2v) is 1.90. The van der Waals surface area contributed by atoms with Gasteiger partial charge in [0.1, 0.15) is 0 Å². The Morgan fingerprint density at radius 2 is 1.10 bits per heavy atom. The molecule has 0 heterocycles. The zero-order chi connectivity index (χ0) is 7.82. The van der Waals surface area contributed by atoms with E-state index in [1.54, 1.807) is 0 Å². The Morgan fingerprint density at radius 1 is 1.00 bits per heavy atom. The van der Waals surface area contributed by atoms with E-state index < -0.39 is 3.77 Å². The normalized spacial score (nSPS) is 7.20. The fourth-order valence-electron chi connectivity index (χ4n) is 0.385. The van der Waals surface area contributed by atoms with Gasteiger partial charge < -0.3 is 0 Å². The van der Waals surface area contributed by atoms with Crippen LogP contribution >= 0.6 is 0 Å². The molecule has 0 radical (unpaired) electrons. The van der Waals surface area contributed by atoms with Gasteiger partial charge in [-0.1, -0.05) is 36.4 Å². The molecule has 0 amide bonds. The van der Waals surface area contributed by atoms with E-state index in [9.17, 15) is 0 Å². The predicted octanol–water partition coefficient (Wildman–Crippen LogP) is 1.41. The summed E-state index contributed by atoms with van der Waals surface area (Å²) in [5, 5.41) is 8.78. The van der Waals surface area contributed by atoms with E-state index in [0.717, 1.165) is 0 Å². The van der Waals surface area contributed by atoms with Crippen LogP contribution in [0.5, 0.6) is 0 Å². The molecule has 0 aliphatic carbocycles. The third kappa shape index (κ3) is 10.2. The number of rotatable bonds is 0. The summed E-state index contributed by atoms with van der Waals surface area (Å²) >= 11 is 1.26. The third-order valence-corrected chi connectivity index (χ3v) is 0.667. The van der Waals surface area contributed by atoms with Crippen molar-refractivity contribution in [3.63, 3.8) is 0 Å². The fourth-order valence-corrected chi connectivity index (χ4v) is 0.385. The van der Waals surface area contributed by atoms with E-state index in [-0.39, 0.29) is 0 Å². The third-order valence-electron chi connectivity index (χ3n) is 0.667. The minimum atomic E-state index is -0.562. The van der Waals surface area contributed by atoms with Gasteiger partial charge in [-0.25, -0.2) is 0 Å². The largest absolute Gasteiger partial charge is 0.0623 e. The summed E-state index contributed by atoms with van der Waals surface area (Å²) < 4.78 is -0.562. The molecule has 0 spiro atoms. The Balaban J connectivity index is 0.000000180. The van der Waals surface area contributed by atoms with Crippen LogP contribution in [0, 0.1) is 10.1 Å². The van der Waals surface area contributed by atoms with E-state index in [4.69, 9.17) is 10.1 Å².